The van der Waals surface area contributed by atoms with E-state index in [-0.39, 0.29) is 35.5 Å². The molecule has 0 radical (unpaired) electrons. The van der Waals surface area contributed by atoms with Crippen LogP contribution < -0.4 is 9.64 Å². The van der Waals surface area contributed by atoms with Crippen molar-refractivity contribution in [2.24, 2.45) is 23.7 Å². The summed E-state index contributed by atoms with van der Waals surface area (Å²) in [5, 5.41) is 0.987. The standard InChI is InChI=1S/C22H17Cl2NO3/c23-17-8-1-12(9-18(17)24)11-28-16-6-4-15(5-7-16)25-21(26)19-13-2-3-14(10-13)20(19)22(25)27/h1-9,13-14,19-20H,10-11H2. The summed E-state index contributed by atoms with van der Waals surface area (Å²) >= 11 is 11.9. The number of rotatable bonds is 4. The quantitative estimate of drug-likeness (QED) is 0.529. The predicted octanol–water partition coefficient (Wildman–Crippen LogP) is 4.88. The van der Waals surface area contributed by atoms with E-state index >= 15 is 0 Å². The molecule has 3 aliphatic rings. The van der Waals surface area contributed by atoms with E-state index in [2.05, 4.69) is 12.2 Å². The first kappa shape index (κ1) is 17.8. The lowest BCUT2D eigenvalue weighted by Crippen LogP contribution is -2.32. The smallest absolute Gasteiger partial charge is 0.238 e. The SMILES string of the molecule is O=C1C2C3C=CC(C3)C2C(=O)N1c1ccc(OCc2ccc(Cl)c(Cl)c2)cc1. The van der Waals surface area contributed by atoms with Crippen LogP contribution in [0.15, 0.2) is 54.6 Å². The Hall–Kier alpha value is -2.30. The summed E-state index contributed by atoms with van der Waals surface area (Å²) in [6, 6.07) is 12.4. The summed E-state index contributed by atoms with van der Waals surface area (Å²) in [5.41, 5.74) is 1.50. The molecule has 6 heteroatoms. The topological polar surface area (TPSA) is 46.6 Å². The van der Waals surface area contributed by atoms with Gasteiger partial charge in [-0.2, -0.15) is 0 Å². The number of amides is 2. The number of carbonyl (C=O) groups excluding carboxylic acids is 2. The number of nitrogens with zero attached hydrogens (tertiary/aromatic N) is 1. The third-order valence-electron chi connectivity index (χ3n) is 5.95. The molecule has 2 bridgehead atoms. The Bertz CT molecular complexity index is 971. The van der Waals surface area contributed by atoms with Gasteiger partial charge < -0.3 is 4.74 Å². The van der Waals surface area contributed by atoms with Crippen LogP contribution in [0.3, 0.4) is 0 Å². The fourth-order valence-corrected chi connectivity index (χ4v) is 4.97. The fraction of sp³-hybridized carbons (Fsp3) is 0.273. The van der Waals surface area contributed by atoms with Crippen LogP contribution in [-0.2, 0) is 16.2 Å². The Morgan fingerprint density at radius 2 is 1.54 bits per heavy atom. The first-order valence-corrected chi connectivity index (χ1v) is 10.0. The van der Waals surface area contributed by atoms with Crippen molar-refractivity contribution in [2.75, 3.05) is 4.90 Å². The number of fused-ring (bicyclic) bond motifs is 5. The summed E-state index contributed by atoms with van der Waals surface area (Å²) in [4.78, 5) is 27.1. The lowest BCUT2D eigenvalue weighted by atomic mass is 9.85. The number of hydrogen-bond donors (Lipinski definition) is 0. The van der Waals surface area contributed by atoms with Crippen LogP contribution in [0.1, 0.15) is 12.0 Å². The van der Waals surface area contributed by atoms with E-state index in [1.807, 2.05) is 6.07 Å². The summed E-state index contributed by atoms with van der Waals surface area (Å²) in [7, 11) is 0. The lowest BCUT2D eigenvalue weighted by molar-refractivity contribution is -0.123. The van der Waals surface area contributed by atoms with Gasteiger partial charge in [0.25, 0.3) is 0 Å². The molecule has 4 unspecified atom stereocenters. The predicted molar refractivity (Wildman–Crippen MR) is 107 cm³/mol. The molecule has 2 aromatic rings. The third kappa shape index (κ3) is 2.75. The van der Waals surface area contributed by atoms with Crippen LogP contribution in [0, 0.1) is 23.7 Å². The Morgan fingerprint density at radius 3 is 2.14 bits per heavy atom. The lowest BCUT2D eigenvalue weighted by Gasteiger charge is -2.17. The number of benzene rings is 2. The average molecular weight is 414 g/mol. The monoisotopic (exact) mass is 413 g/mol. The Morgan fingerprint density at radius 1 is 0.893 bits per heavy atom. The molecular formula is C22H17Cl2NO3. The number of hydrogen-bond acceptors (Lipinski definition) is 3. The summed E-state index contributed by atoms with van der Waals surface area (Å²) in [6.45, 7) is 0.344. The highest BCUT2D eigenvalue weighted by Gasteiger charge is 2.59. The number of anilines is 1. The molecule has 2 aliphatic carbocycles. The first-order valence-electron chi connectivity index (χ1n) is 9.26. The maximum Gasteiger partial charge on any atom is 0.238 e. The number of halogens is 2. The summed E-state index contributed by atoms with van der Waals surface area (Å²) in [6.07, 6.45) is 5.13. The highest BCUT2D eigenvalue weighted by Crippen LogP contribution is 2.53. The zero-order valence-electron chi connectivity index (χ0n) is 14.8. The van der Waals surface area contributed by atoms with Gasteiger partial charge in [-0.3, -0.25) is 14.5 Å². The molecule has 0 spiro atoms. The van der Waals surface area contributed by atoms with E-state index in [9.17, 15) is 9.59 Å². The molecule has 142 valence electrons. The van der Waals surface area contributed by atoms with E-state index in [1.54, 1.807) is 36.4 Å². The molecule has 1 saturated carbocycles. The van der Waals surface area contributed by atoms with Crippen LogP contribution in [0.25, 0.3) is 0 Å². The minimum Gasteiger partial charge on any atom is -0.489 e. The van der Waals surface area contributed by atoms with E-state index in [1.165, 1.54) is 4.90 Å². The molecule has 4 nitrogen and oxygen atoms in total. The van der Waals surface area contributed by atoms with Crippen molar-refractivity contribution in [2.45, 2.75) is 13.0 Å². The minimum absolute atomic E-state index is 0.0728. The second kappa shape index (κ2) is 6.64. The number of allylic oxidation sites excluding steroid dienone is 2. The van der Waals surface area contributed by atoms with Crippen LogP contribution in [0.2, 0.25) is 10.0 Å². The normalized spacial score (nSPS) is 27.6. The van der Waals surface area contributed by atoms with E-state index < -0.39 is 0 Å². The van der Waals surface area contributed by atoms with Crippen molar-refractivity contribution >= 4 is 40.7 Å². The molecule has 2 amide bonds. The van der Waals surface area contributed by atoms with Gasteiger partial charge in [-0.1, -0.05) is 41.4 Å². The van der Waals surface area contributed by atoms with Crippen LogP contribution in [-0.4, -0.2) is 11.8 Å². The second-order valence-corrected chi connectivity index (χ2v) is 8.36. The fourth-order valence-electron chi connectivity index (χ4n) is 4.64. The van der Waals surface area contributed by atoms with Crippen LogP contribution in [0.5, 0.6) is 5.75 Å². The highest BCUT2D eigenvalue weighted by molar-refractivity contribution is 6.42. The third-order valence-corrected chi connectivity index (χ3v) is 6.69. The molecule has 0 N–H and O–H groups in total. The van der Waals surface area contributed by atoms with Crippen molar-refractivity contribution in [3.05, 3.63) is 70.2 Å². The minimum atomic E-state index is -0.187. The summed E-state index contributed by atoms with van der Waals surface area (Å²) in [5.74, 6) is 0.556. The van der Waals surface area contributed by atoms with Gasteiger partial charge in [0.1, 0.15) is 12.4 Å². The van der Waals surface area contributed by atoms with E-state index in [4.69, 9.17) is 27.9 Å². The van der Waals surface area contributed by atoms with Crippen molar-refractivity contribution in [1.82, 2.24) is 0 Å². The Kier molecular flexibility index (Phi) is 4.22. The molecule has 0 aromatic heterocycles. The first-order chi connectivity index (χ1) is 13.5. The number of carbonyl (C=O) groups is 2. The van der Waals surface area contributed by atoms with E-state index in [0.29, 0.717) is 28.1 Å². The molecule has 1 heterocycles. The van der Waals surface area contributed by atoms with E-state index in [0.717, 1.165) is 12.0 Å². The van der Waals surface area contributed by atoms with Gasteiger partial charge in [0, 0.05) is 0 Å². The van der Waals surface area contributed by atoms with Crippen LogP contribution >= 0.6 is 23.2 Å². The Labute approximate surface area is 172 Å². The second-order valence-electron chi connectivity index (χ2n) is 7.54. The molecule has 2 fully saturated rings. The molecule has 28 heavy (non-hydrogen) atoms. The Balaban J connectivity index is 1.30. The molecule has 5 rings (SSSR count). The van der Waals surface area contributed by atoms with Gasteiger partial charge >= 0.3 is 0 Å². The van der Waals surface area contributed by atoms with Crippen molar-refractivity contribution in [1.29, 1.82) is 0 Å². The molecule has 1 saturated heterocycles. The highest BCUT2D eigenvalue weighted by atomic mass is 35.5. The molecular weight excluding hydrogens is 397 g/mol. The van der Waals surface area contributed by atoms with Gasteiger partial charge in [0.15, 0.2) is 0 Å². The average Bonchev–Trinajstić information content (AvgIpc) is 3.37. The van der Waals surface area contributed by atoms with Gasteiger partial charge in [0.05, 0.1) is 27.6 Å². The van der Waals surface area contributed by atoms with Crippen LogP contribution in [0.4, 0.5) is 5.69 Å². The summed E-state index contributed by atoms with van der Waals surface area (Å²) < 4.78 is 5.78. The van der Waals surface area contributed by atoms with Gasteiger partial charge in [0.2, 0.25) is 11.8 Å². The number of ether oxygens (including phenoxy) is 1. The zero-order chi connectivity index (χ0) is 19.4. The van der Waals surface area contributed by atoms with Crippen molar-refractivity contribution in [3.63, 3.8) is 0 Å². The molecule has 1 aliphatic heterocycles. The van der Waals surface area contributed by atoms with Gasteiger partial charge in [-0.25, -0.2) is 0 Å². The maximum atomic E-state index is 12.9. The zero-order valence-corrected chi connectivity index (χ0v) is 16.4. The van der Waals surface area contributed by atoms with Gasteiger partial charge in [-0.05, 0) is 60.2 Å². The van der Waals surface area contributed by atoms with Crippen molar-refractivity contribution in [3.8, 4) is 5.75 Å². The molecule has 4 atom stereocenters. The van der Waals surface area contributed by atoms with Crippen molar-refractivity contribution < 1.29 is 14.3 Å². The number of imide groups is 1. The largest absolute Gasteiger partial charge is 0.489 e. The van der Waals surface area contributed by atoms with Gasteiger partial charge in [-0.15, -0.1) is 0 Å². The maximum absolute atomic E-state index is 12.9. The molecule has 2 aromatic carbocycles.